The number of hydrogen-bond acceptors (Lipinski definition) is 5. The van der Waals surface area contributed by atoms with E-state index in [4.69, 9.17) is 9.47 Å². The van der Waals surface area contributed by atoms with E-state index in [1.807, 2.05) is 6.92 Å². The summed E-state index contributed by atoms with van der Waals surface area (Å²) in [5.74, 6) is 1.25. The standard InChI is InChI=1S/C15H19NO5S/c1-2-6-16(12-5-7-22(18,19)9-12)15(17)11-3-4-13-14(8-11)21-10-20-13/h3-4,8,12H,2,5-7,9-10H2,1H3/t12-/m0/s1. The first-order valence-corrected chi connectivity index (χ1v) is 9.23. The van der Waals surface area contributed by atoms with Gasteiger partial charge in [-0.3, -0.25) is 4.79 Å². The first-order chi connectivity index (χ1) is 10.5. The maximum atomic E-state index is 12.8. The van der Waals surface area contributed by atoms with E-state index in [9.17, 15) is 13.2 Å². The fourth-order valence-corrected chi connectivity index (χ4v) is 4.64. The van der Waals surface area contributed by atoms with Gasteiger partial charge in [0.2, 0.25) is 6.79 Å². The van der Waals surface area contributed by atoms with Crippen molar-refractivity contribution in [2.75, 3.05) is 24.8 Å². The molecule has 1 atom stereocenters. The van der Waals surface area contributed by atoms with Crippen LogP contribution in [0.2, 0.25) is 0 Å². The highest BCUT2D eigenvalue weighted by Gasteiger charge is 2.34. The third kappa shape index (κ3) is 2.90. The SMILES string of the molecule is CCCN(C(=O)c1ccc2c(c1)OCO2)[C@H]1CCS(=O)(=O)C1. The number of nitrogens with zero attached hydrogens (tertiary/aromatic N) is 1. The van der Waals surface area contributed by atoms with Gasteiger partial charge in [0.05, 0.1) is 11.5 Å². The highest BCUT2D eigenvalue weighted by atomic mass is 32.2. The number of rotatable bonds is 4. The van der Waals surface area contributed by atoms with Gasteiger partial charge in [-0.25, -0.2) is 8.42 Å². The number of carbonyl (C=O) groups excluding carboxylic acids is 1. The summed E-state index contributed by atoms with van der Waals surface area (Å²) in [6.45, 7) is 2.68. The Morgan fingerprint density at radius 2 is 2.09 bits per heavy atom. The topological polar surface area (TPSA) is 72.9 Å². The molecule has 0 unspecified atom stereocenters. The summed E-state index contributed by atoms with van der Waals surface area (Å²) in [5, 5.41) is 0. The molecule has 0 saturated carbocycles. The third-order valence-corrected chi connectivity index (χ3v) is 5.74. The van der Waals surface area contributed by atoms with Gasteiger partial charge in [-0.05, 0) is 31.0 Å². The van der Waals surface area contributed by atoms with E-state index in [1.165, 1.54) is 0 Å². The molecule has 1 amide bonds. The Morgan fingerprint density at radius 1 is 1.32 bits per heavy atom. The van der Waals surface area contributed by atoms with Gasteiger partial charge in [0.25, 0.3) is 5.91 Å². The van der Waals surface area contributed by atoms with Crippen LogP contribution in [0.25, 0.3) is 0 Å². The smallest absolute Gasteiger partial charge is 0.254 e. The number of hydrogen-bond donors (Lipinski definition) is 0. The van der Waals surface area contributed by atoms with Crippen molar-refractivity contribution in [2.24, 2.45) is 0 Å². The summed E-state index contributed by atoms with van der Waals surface area (Å²) in [7, 11) is -3.02. The van der Waals surface area contributed by atoms with E-state index in [1.54, 1.807) is 23.1 Å². The van der Waals surface area contributed by atoms with Crippen LogP contribution in [0.4, 0.5) is 0 Å². The average Bonchev–Trinajstić information content (AvgIpc) is 3.09. The van der Waals surface area contributed by atoms with Crippen molar-refractivity contribution >= 4 is 15.7 Å². The third-order valence-electron chi connectivity index (χ3n) is 3.99. The maximum Gasteiger partial charge on any atom is 0.254 e. The molecule has 0 bridgehead atoms. The zero-order chi connectivity index (χ0) is 15.7. The summed E-state index contributed by atoms with van der Waals surface area (Å²) in [5.41, 5.74) is 0.502. The van der Waals surface area contributed by atoms with E-state index in [2.05, 4.69) is 0 Å². The molecule has 2 aliphatic heterocycles. The van der Waals surface area contributed by atoms with Crippen LogP contribution in [0.15, 0.2) is 18.2 Å². The number of benzene rings is 1. The van der Waals surface area contributed by atoms with E-state index in [0.29, 0.717) is 30.0 Å². The molecule has 22 heavy (non-hydrogen) atoms. The molecule has 1 aromatic carbocycles. The van der Waals surface area contributed by atoms with Crippen LogP contribution in [0, 0.1) is 0 Å². The summed E-state index contributed by atoms with van der Waals surface area (Å²) in [6, 6.07) is 4.84. The molecule has 0 aliphatic carbocycles. The van der Waals surface area contributed by atoms with Gasteiger partial charge < -0.3 is 14.4 Å². The molecule has 1 fully saturated rings. The van der Waals surface area contributed by atoms with Crippen LogP contribution in [-0.4, -0.2) is 50.1 Å². The second kappa shape index (κ2) is 5.79. The molecule has 1 aromatic rings. The van der Waals surface area contributed by atoms with Gasteiger partial charge in [-0.15, -0.1) is 0 Å². The number of fused-ring (bicyclic) bond motifs is 1. The van der Waals surface area contributed by atoms with Crippen LogP contribution in [0.3, 0.4) is 0 Å². The molecule has 1 saturated heterocycles. The van der Waals surface area contributed by atoms with E-state index >= 15 is 0 Å². The molecule has 6 nitrogen and oxygen atoms in total. The minimum atomic E-state index is -3.02. The highest BCUT2D eigenvalue weighted by molar-refractivity contribution is 7.91. The molecule has 7 heteroatoms. The van der Waals surface area contributed by atoms with Gasteiger partial charge in [0.1, 0.15) is 0 Å². The largest absolute Gasteiger partial charge is 0.454 e. The zero-order valence-electron chi connectivity index (χ0n) is 12.4. The predicted octanol–water partition coefficient (Wildman–Crippen LogP) is 1.45. The molecule has 0 spiro atoms. The summed E-state index contributed by atoms with van der Waals surface area (Å²) < 4.78 is 33.9. The lowest BCUT2D eigenvalue weighted by atomic mass is 10.1. The van der Waals surface area contributed by atoms with E-state index < -0.39 is 9.84 Å². The first kappa shape index (κ1) is 15.1. The first-order valence-electron chi connectivity index (χ1n) is 7.41. The van der Waals surface area contributed by atoms with Crippen molar-refractivity contribution in [3.63, 3.8) is 0 Å². The number of carbonyl (C=O) groups is 1. The Balaban J connectivity index is 1.83. The minimum absolute atomic E-state index is 0.0588. The molecule has 120 valence electrons. The van der Waals surface area contributed by atoms with Gasteiger partial charge in [-0.1, -0.05) is 6.92 Å². The van der Waals surface area contributed by atoms with Gasteiger partial charge in [0.15, 0.2) is 21.3 Å². The highest BCUT2D eigenvalue weighted by Crippen LogP contribution is 2.33. The van der Waals surface area contributed by atoms with Crippen molar-refractivity contribution < 1.29 is 22.7 Å². The zero-order valence-corrected chi connectivity index (χ0v) is 13.3. The summed E-state index contributed by atoms with van der Waals surface area (Å²) in [4.78, 5) is 14.5. The van der Waals surface area contributed by atoms with Crippen LogP contribution in [-0.2, 0) is 9.84 Å². The molecule has 0 radical (unpaired) electrons. The van der Waals surface area contributed by atoms with Crippen LogP contribution < -0.4 is 9.47 Å². The van der Waals surface area contributed by atoms with Gasteiger partial charge in [0, 0.05) is 18.2 Å². The van der Waals surface area contributed by atoms with Crippen LogP contribution in [0.1, 0.15) is 30.1 Å². The molecule has 0 N–H and O–H groups in total. The Morgan fingerprint density at radius 3 is 2.77 bits per heavy atom. The average molecular weight is 325 g/mol. The Hall–Kier alpha value is -1.76. The Kier molecular flexibility index (Phi) is 3.99. The van der Waals surface area contributed by atoms with Crippen molar-refractivity contribution in [3.8, 4) is 11.5 Å². The summed E-state index contributed by atoms with van der Waals surface area (Å²) in [6.07, 6.45) is 1.30. The normalized spacial score (nSPS) is 21.8. The van der Waals surface area contributed by atoms with Crippen molar-refractivity contribution in [2.45, 2.75) is 25.8 Å². The molecule has 3 rings (SSSR count). The fourth-order valence-electron chi connectivity index (χ4n) is 2.91. The molecule has 2 aliphatic rings. The molecule has 0 aromatic heterocycles. The van der Waals surface area contributed by atoms with Crippen molar-refractivity contribution in [1.29, 1.82) is 0 Å². The monoisotopic (exact) mass is 325 g/mol. The fraction of sp³-hybridized carbons (Fsp3) is 0.533. The number of sulfone groups is 1. The van der Waals surface area contributed by atoms with E-state index in [-0.39, 0.29) is 30.2 Å². The lowest BCUT2D eigenvalue weighted by Gasteiger charge is -2.28. The second-order valence-corrected chi connectivity index (χ2v) is 7.85. The lowest BCUT2D eigenvalue weighted by Crippen LogP contribution is -2.41. The molecular weight excluding hydrogens is 306 g/mol. The Labute approximate surface area is 129 Å². The minimum Gasteiger partial charge on any atom is -0.454 e. The Bertz CT molecular complexity index is 685. The quantitative estimate of drug-likeness (QED) is 0.838. The van der Waals surface area contributed by atoms with Gasteiger partial charge >= 0.3 is 0 Å². The number of amides is 1. The molecule has 2 heterocycles. The summed E-state index contributed by atoms with van der Waals surface area (Å²) >= 11 is 0. The van der Waals surface area contributed by atoms with Crippen LogP contribution in [0.5, 0.6) is 11.5 Å². The number of ether oxygens (including phenoxy) is 2. The van der Waals surface area contributed by atoms with E-state index in [0.717, 1.165) is 6.42 Å². The van der Waals surface area contributed by atoms with Crippen molar-refractivity contribution in [3.05, 3.63) is 23.8 Å². The second-order valence-electron chi connectivity index (χ2n) is 5.62. The lowest BCUT2D eigenvalue weighted by molar-refractivity contribution is 0.0696. The van der Waals surface area contributed by atoms with Gasteiger partial charge in [-0.2, -0.15) is 0 Å². The molecular formula is C15H19NO5S. The maximum absolute atomic E-state index is 12.8. The van der Waals surface area contributed by atoms with Crippen LogP contribution >= 0.6 is 0 Å². The van der Waals surface area contributed by atoms with Crippen molar-refractivity contribution in [1.82, 2.24) is 4.90 Å². The predicted molar refractivity (Wildman–Crippen MR) is 81.0 cm³/mol.